The fourth-order valence-corrected chi connectivity index (χ4v) is 2.50. The number of furan rings is 1. The molecule has 0 saturated carbocycles. The largest absolute Gasteiger partial charge is 0.468 e. The number of nitrogens with zero attached hydrogens (tertiary/aromatic N) is 1. The van der Waals surface area contributed by atoms with Crippen LogP contribution in [0.15, 0.2) is 47.1 Å². The first kappa shape index (κ1) is 18.7. The molecule has 1 heterocycles. The van der Waals surface area contributed by atoms with E-state index in [-0.39, 0.29) is 17.9 Å². The zero-order valence-corrected chi connectivity index (χ0v) is 15.1. The zero-order valence-electron chi connectivity index (χ0n) is 15.1. The van der Waals surface area contributed by atoms with Crippen molar-refractivity contribution in [1.82, 2.24) is 15.5 Å². The Kier molecular flexibility index (Phi) is 6.36. The molecule has 0 saturated heterocycles. The second-order valence-electron chi connectivity index (χ2n) is 6.30. The zero-order chi connectivity index (χ0) is 18.4. The minimum atomic E-state index is -0.632. The summed E-state index contributed by atoms with van der Waals surface area (Å²) in [5.41, 5.74) is 1.54. The summed E-state index contributed by atoms with van der Waals surface area (Å²) >= 11 is 0. The third kappa shape index (κ3) is 5.19. The van der Waals surface area contributed by atoms with Crippen LogP contribution in [0.3, 0.4) is 0 Å². The molecule has 0 radical (unpaired) electrons. The number of carbonyl (C=O) groups is 2. The lowest BCUT2D eigenvalue weighted by molar-refractivity contribution is -0.122. The molecule has 2 N–H and O–H groups in total. The Morgan fingerprint density at radius 2 is 1.96 bits per heavy atom. The van der Waals surface area contributed by atoms with Crippen molar-refractivity contribution in [2.24, 2.45) is 0 Å². The van der Waals surface area contributed by atoms with Crippen molar-refractivity contribution in [1.29, 1.82) is 0 Å². The van der Waals surface area contributed by atoms with Gasteiger partial charge in [-0.15, -0.1) is 0 Å². The maximum absolute atomic E-state index is 12.3. The highest BCUT2D eigenvalue weighted by atomic mass is 16.3. The lowest BCUT2D eigenvalue weighted by Gasteiger charge is -2.23. The molecule has 0 fully saturated rings. The van der Waals surface area contributed by atoms with Crippen LogP contribution in [0.25, 0.3) is 0 Å². The topological polar surface area (TPSA) is 74.6 Å². The molecular weight excluding hydrogens is 318 g/mol. The van der Waals surface area contributed by atoms with Gasteiger partial charge in [0.15, 0.2) is 0 Å². The number of hydrogen-bond donors (Lipinski definition) is 2. The van der Waals surface area contributed by atoms with Crippen LogP contribution in [0.1, 0.15) is 34.6 Å². The Hall–Kier alpha value is -2.60. The molecule has 6 heteroatoms. The second-order valence-corrected chi connectivity index (χ2v) is 6.30. The molecule has 2 unspecified atom stereocenters. The average molecular weight is 343 g/mol. The molecule has 2 atom stereocenters. The van der Waals surface area contributed by atoms with Crippen molar-refractivity contribution < 1.29 is 14.0 Å². The van der Waals surface area contributed by atoms with Gasteiger partial charge in [0.25, 0.3) is 5.91 Å². The molecule has 0 bridgehead atoms. The molecule has 1 aromatic carbocycles. The number of amides is 2. The van der Waals surface area contributed by atoms with E-state index >= 15 is 0 Å². The van der Waals surface area contributed by atoms with E-state index in [0.717, 1.165) is 11.3 Å². The lowest BCUT2D eigenvalue weighted by Crippen LogP contribution is -2.46. The molecule has 2 rings (SSSR count). The molecule has 0 aliphatic heterocycles. The van der Waals surface area contributed by atoms with Crippen LogP contribution in [0, 0.1) is 6.92 Å². The Labute approximate surface area is 148 Å². The second kappa shape index (κ2) is 8.48. The van der Waals surface area contributed by atoms with Gasteiger partial charge in [0.1, 0.15) is 11.8 Å². The summed E-state index contributed by atoms with van der Waals surface area (Å²) < 4.78 is 5.42. The van der Waals surface area contributed by atoms with Gasteiger partial charge in [0.2, 0.25) is 5.91 Å². The first-order valence-corrected chi connectivity index (χ1v) is 8.23. The predicted molar refractivity (Wildman–Crippen MR) is 96.3 cm³/mol. The molecule has 0 aliphatic carbocycles. The summed E-state index contributed by atoms with van der Waals surface area (Å²) in [6.07, 6.45) is 1.61. The fourth-order valence-electron chi connectivity index (χ4n) is 2.50. The van der Waals surface area contributed by atoms with Crippen molar-refractivity contribution in [3.05, 3.63) is 59.5 Å². The first-order chi connectivity index (χ1) is 11.9. The summed E-state index contributed by atoms with van der Waals surface area (Å²) in [7, 11) is 3.84. The highest BCUT2D eigenvalue weighted by Crippen LogP contribution is 2.17. The number of carbonyl (C=O) groups excluding carboxylic acids is 2. The van der Waals surface area contributed by atoms with Crippen LogP contribution in [-0.4, -0.2) is 43.4 Å². The van der Waals surface area contributed by atoms with E-state index in [2.05, 4.69) is 10.6 Å². The SMILES string of the molecule is Cc1cccc(C(=O)NC(C)C(=O)NCC(c2ccco2)N(C)C)c1. The Bertz CT molecular complexity index is 710. The Balaban J connectivity index is 1.90. The number of rotatable bonds is 7. The van der Waals surface area contributed by atoms with Crippen LogP contribution in [-0.2, 0) is 4.79 Å². The summed E-state index contributed by atoms with van der Waals surface area (Å²) in [6.45, 7) is 3.98. The quantitative estimate of drug-likeness (QED) is 0.808. The van der Waals surface area contributed by atoms with E-state index in [1.165, 1.54) is 0 Å². The van der Waals surface area contributed by atoms with Gasteiger partial charge in [-0.2, -0.15) is 0 Å². The van der Waals surface area contributed by atoms with Crippen LogP contribution >= 0.6 is 0 Å². The van der Waals surface area contributed by atoms with Crippen molar-refractivity contribution in [2.75, 3.05) is 20.6 Å². The van der Waals surface area contributed by atoms with E-state index in [1.807, 2.05) is 50.2 Å². The molecule has 1 aromatic heterocycles. The molecule has 0 aliphatic rings. The molecule has 0 spiro atoms. The highest BCUT2D eigenvalue weighted by molar-refractivity contribution is 5.97. The Morgan fingerprint density at radius 3 is 2.56 bits per heavy atom. The maximum atomic E-state index is 12.3. The summed E-state index contributed by atoms with van der Waals surface area (Å²) in [6, 6.07) is 10.2. The third-order valence-electron chi connectivity index (χ3n) is 3.99. The van der Waals surface area contributed by atoms with Gasteiger partial charge in [-0.25, -0.2) is 0 Å². The number of likely N-dealkylation sites (N-methyl/N-ethyl adjacent to an activating group) is 1. The highest BCUT2D eigenvalue weighted by Gasteiger charge is 2.21. The normalized spacial score (nSPS) is 13.3. The minimum Gasteiger partial charge on any atom is -0.468 e. The van der Waals surface area contributed by atoms with Crippen LogP contribution in [0.2, 0.25) is 0 Å². The van der Waals surface area contributed by atoms with Gasteiger partial charge in [-0.3, -0.25) is 14.5 Å². The number of nitrogens with one attached hydrogen (secondary N) is 2. The smallest absolute Gasteiger partial charge is 0.251 e. The van der Waals surface area contributed by atoms with Gasteiger partial charge in [-0.1, -0.05) is 17.7 Å². The van der Waals surface area contributed by atoms with Gasteiger partial charge in [0, 0.05) is 12.1 Å². The monoisotopic (exact) mass is 343 g/mol. The fraction of sp³-hybridized carbons (Fsp3) is 0.368. The standard InChI is InChI=1S/C19H25N3O3/c1-13-7-5-8-15(11-13)19(24)21-14(2)18(23)20-12-16(22(3)4)17-9-6-10-25-17/h5-11,14,16H,12H2,1-4H3,(H,20,23)(H,21,24). The predicted octanol–water partition coefficient (Wildman–Crippen LogP) is 2.13. The van der Waals surface area contributed by atoms with Gasteiger partial charge in [0.05, 0.1) is 12.3 Å². The van der Waals surface area contributed by atoms with Gasteiger partial charge in [-0.05, 0) is 52.2 Å². The number of hydrogen-bond acceptors (Lipinski definition) is 4. The van der Waals surface area contributed by atoms with Crippen molar-refractivity contribution in [3.8, 4) is 0 Å². The van der Waals surface area contributed by atoms with E-state index in [9.17, 15) is 9.59 Å². The first-order valence-electron chi connectivity index (χ1n) is 8.23. The molecule has 134 valence electrons. The molecule has 2 amide bonds. The number of aryl methyl sites for hydroxylation is 1. The van der Waals surface area contributed by atoms with E-state index < -0.39 is 6.04 Å². The average Bonchev–Trinajstić information content (AvgIpc) is 3.08. The van der Waals surface area contributed by atoms with Gasteiger partial charge >= 0.3 is 0 Å². The molecular formula is C19H25N3O3. The van der Waals surface area contributed by atoms with Gasteiger partial charge < -0.3 is 15.1 Å². The maximum Gasteiger partial charge on any atom is 0.251 e. The Morgan fingerprint density at radius 1 is 1.20 bits per heavy atom. The summed E-state index contributed by atoms with van der Waals surface area (Å²) in [5, 5.41) is 5.59. The van der Waals surface area contributed by atoms with Crippen LogP contribution in [0.4, 0.5) is 0 Å². The third-order valence-corrected chi connectivity index (χ3v) is 3.99. The van der Waals surface area contributed by atoms with E-state index in [4.69, 9.17) is 4.42 Å². The molecule has 2 aromatic rings. The number of benzene rings is 1. The van der Waals surface area contributed by atoms with E-state index in [0.29, 0.717) is 12.1 Å². The summed E-state index contributed by atoms with van der Waals surface area (Å²) in [4.78, 5) is 26.5. The van der Waals surface area contributed by atoms with E-state index in [1.54, 1.807) is 25.3 Å². The van der Waals surface area contributed by atoms with Crippen molar-refractivity contribution in [3.63, 3.8) is 0 Å². The molecule has 6 nitrogen and oxygen atoms in total. The van der Waals surface area contributed by atoms with Crippen LogP contribution < -0.4 is 10.6 Å². The minimum absolute atomic E-state index is 0.0707. The lowest BCUT2D eigenvalue weighted by atomic mass is 10.1. The van der Waals surface area contributed by atoms with Crippen molar-refractivity contribution in [2.45, 2.75) is 25.9 Å². The van der Waals surface area contributed by atoms with Crippen molar-refractivity contribution >= 4 is 11.8 Å². The molecule has 25 heavy (non-hydrogen) atoms. The summed E-state index contributed by atoms with van der Waals surface area (Å²) in [5.74, 6) is 0.280. The van der Waals surface area contributed by atoms with Crippen LogP contribution in [0.5, 0.6) is 0 Å².